The molecule has 2 unspecified atom stereocenters. The minimum absolute atomic E-state index is 0.0531. The number of rotatable bonds is 5. The summed E-state index contributed by atoms with van der Waals surface area (Å²) in [6, 6.07) is 4.54. The first kappa shape index (κ1) is 22.4. The molecule has 2 aromatic rings. The van der Waals surface area contributed by atoms with Crippen molar-refractivity contribution < 1.29 is 28.8 Å². The number of carbonyl (C=O) groups excluding carboxylic acids is 1. The number of hydrogen-bond donors (Lipinski definition) is 2. The molecule has 1 amide bonds. The van der Waals surface area contributed by atoms with Crippen LogP contribution in [-0.2, 0) is 16.6 Å². The van der Waals surface area contributed by atoms with Crippen LogP contribution in [0.1, 0.15) is 48.8 Å². The zero-order valence-electron chi connectivity index (χ0n) is 20.4. The van der Waals surface area contributed by atoms with Gasteiger partial charge in [0.25, 0.3) is 0 Å². The summed E-state index contributed by atoms with van der Waals surface area (Å²) in [5, 5.41) is 37.6. The molecule has 8 heteroatoms. The summed E-state index contributed by atoms with van der Waals surface area (Å²) in [4.78, 5) is 14.9. The highest BCUT2D eigenvalue weighted by molar-refractivity contribution is 5.91. The van der Waals surface area contributed by atoms with Gasteiger partial charge in [-0.1, -0.05) is 6.07 Å². The van der Waals surface area contributed by atoms with Gasteiger partial charge in [-0.25, -0.2) is 0 Å². The third kappa shape index (κ3) is 2.83. The van der Waals surface area contributed by atoms with Crippen LogP contribution < -0.4 is 4.74 Å². The van der Waals surface area contributed by atoms with E-state index >= 15 is 0 Å². The van der Waals surface area contributed by atoms with Gasteiger partial charge in [-0.05, 0) is 49.5 Å². The van der Waals surface area contributed by atoms with Gasteiger partial charge in [0.05, 0.1) is 37.1 Å². The fourth-order valence-corrected chi connectivity index (χ4v) is 7.95. The fraction of sp³-hybridized carbons (Fsp3) is 0.536. The van der Waals surface area contributed by atoms with Crippen LogP contribution in [-0.4, -0.2) is 69.6 Å². The number of hydroxylamine groups is 3. The predicted octanol–water partition coefficient (Wildman–Crippen LogP) is 3.10. The average molecular weight is 493 g/mol. The summed E-state index contributed by atoms with van der Waals surface area (Å²) in [7, 11) is 1.77. The summed E-state index contributed by atoms with van der Waals surface area (Å²) in [6.07, 6.45) is 9.94. The van der Waals surface area contributed by atoms with E-state index in [-0.39, 0.29) is 22.3 Å². The molecule has 3 heterocycles. The topological polar surface area (TPSA) is 106 Å². The Morgan fingerprint density at radius 3 is 2.86 bits per heavy atom. The summed E-state index contributed by atoms with van der Waals surface area (Å²) < 4.78 is 11.3. The highest BCUT2D eigenvalue weighted by atomic mass is 16.6. The number of likely N-dealkylation sites (tertiary alicyclic amines) is 1. The minimum Gasteiger partial charge on any atom is -0.632 e. The Morgan fingerprint density at radius 1 is 1.28 bits per heavy atom. The molecule has 2 aliphatic heterocycles. The largest absolute Gasteiger partial charge is 0.632 e. The number of aliphatic hydroxyl groups is 1. The molecule has 8 nitrogen and oxygen atoms in total. The number of piperidine rings is 1. The number of carbonyl (C=O) groups is 1. The van der Waals surface area contributed by atoms with Gasteiger partial charge < -0.3 is 34.1 Å². The molecule has 36 heavy (non-hydrogen) atoms. The van der Waals surface area contributed by atoms with E-state index in [9.17, 15) is 20.2 Å². The molecule has 190 valence electrons. The minimum atomic E-state index is -1.24. The van der Waals surface area contributed by atoms with Crippen LogP contribution in [0.2, 0.25) is 0 Å². The third-order valence-electron chi connectivity index (χ3n) is 9.83. The predicted molar refractivity (Wildman–Crippen MR) is 131 cm³/mol. The van der Waals surface area contributed by atoms with Crippen LogP contribution in [0.5, 0.6) is 11.5 Å². The Labute approximate surface area is 209 Å². The first-order valence-corrected chi connectivity index (χ1v) is 13.1. The van der Waals surface area contributed by atoms with E-state index in [2.05, 4.69) is 0 Å². The maximum Gasteiger partial charge on any atom is 0.246 e. The van der Waals surface area contributed by atoms with Crippen LogP contribution in [0.3, 0.4) is 0 Å². The first-order valence-electron chi connectivity index (χ1n) is 13.1. The van der Waals surface area contributed by atoms with Gasteiger partial charge in [-0.2, -0.15) is 0 Å². The van der Waals surface area contributed by atoms with Crippen molar-refractivity contribution >= 4 is 12.0 Å². The van der Waals surface area contributed by atoms with E-state index in [1.165, 1.54) is 6.08 Å². The molecule has 5 aliphatic rings. The van der Waals surface area contributed by atoms with Crippen molar-refractivity contribution in [3.8, 4) is 11.5 Å². The Balaban J connectivity index is 1.30. The van der Waals surface area contributed by atoms with Crippen molar-refractivity contribution in [1.29, 1.82) is 0 Å². The SMILES string of the molecule is CN(C(=O)/C=C/c1ccoc1)[C@@H]1CC[C@@]2(O)[C@H]3Cc4ccc(O)c5c4C2(CC[N+]3([O-])CC2CC2)[C@H]1O5. The zero-order chi connectivity index (χ0) is 24.9. The van der Waals surface area contributed by atoms with Crippen molar-refractivity contribution in [3.63, 3.8) is 0 Å². The van der Waals surface area contributed by atoms with Gasteiger partial charge in [0.1, 0.15) is 17.7 Å². The summed E-state index contributed by atoms with van der Waals surface area (Å²) in [5.74, 6) is 0.758. The van der Waals surface area contributed by atoms with E-state index in [1.807, 2.05) is 6.07 Å². The van der Waals surface area contributed by atoms with Crippen LogP contribution in [0.4, 0.5) is 0 Å². The normalized spacial score (nSPS) is 38.0. The molecule has 1 aromatic carbocycles. The smallest absolute Gasteiger partial charge is 0.246 e. The average Bonchev–Trinajstić information content (AvgIpc) is 3.36. The lowest BCUT2D eigenvalue weighted by Crippen LogP contribution is -2.81. The molecule has 1 spiro atoms. The molecule has 3 aliphatic carbocycles. The Bertz CT molecular complexity index is 1250. The number of ether oxygens (including phenoxy) is 1. The standard InChI is InChI=1S/C28H32N2O6/c1-29(23(32)7-4-18-9-13-35-16-18)20-8-10-28(33)22-14-19-5-6-21(31)25-24(19)27(28,26(20)36-25)11-12-30(22,34)15-17-2-3-17/h4-7,9,13,16-17,20,22,26,31,33H,2-3,8,10-12,14-15H2,1H3/b7-4+/t20-,22-,26+,27?,28-,30?/m1/s1. The second-order valence-corrected chi connectivity index (χ2v) is 11.6. The third-order valence-corrected chi connectivity index (χ3v) is 9.83. The molecule has 1 saturated heterocycles. The Hall–Kier alpha value is -2.81. The lowest BCUT2D eigenvalue weighted by molar-refractivity contribution is -0.924. The van der Waals surface area contributed by atoms with Crippen molar-refractivity contribution in [3.05, 3.63) is 58.7 Å². The molecule has 3 fully saturated rings. The fourth-order valence-electron chi connectivity index (χ4n) is 7.95. The number of furan rings is 1. The second kappa shape index (κ2) is 7.37. The number of aromatic hydroxyl groups is 1. The van der Waals surface area contributed by atoms with Crippen molar-refractivity contribution in [2.75, 3.05) is 20.1 Å². The molecule has 2 N–H and O–H groups in total. The molecule has 7 rings (SSSR count). The van der Waals surface area contributed by atoms with E-state index in [1.54, 1.807) is 42.7 Å². The van der Waals surface area contributed by atoms with Crippen molar-refractivity contribution in [2.45, 2.75) is 67.7 Å². The summed E-state index contributed by atoms with van der Waals surface area (Å²) >= 11 is 0. The highest BCUT2D eigenvalue weighted by Gasteiger charge is 2.76. The quantitative estimate of drug-likeness (QED) is 0.378. The molecule has 2 saturated carbocycles. The maximum atomic E-state index is 14.3. The van der Waals surface area contributed by atoms with Gasteiger partial charge in [-0.3, -0.25) is 4.79 Å². The molecular formula is C28H32N2O6. The zero-order valence-corrected chi connectivity index (χ0v) is 20.4. The van der Waals surface area contributed by atoms with E-state index in [0.717, 1.165) is 29.5 Å². The Morgan fingerprint density at radius 2 is 2.11 bits per heavy atom. The number of hydrogen-bond acceptors (Lipinski definition) is 6. The molecular weight excluding hydrogens is 460 g/mol. The highest BCUT2D eigenvalue weighted by Crippen LogP contribution is 2.67. The number of quaternary nitrogens is 1. The van der Waals surface area contributed by atoms with Gasteiger partial charge in [0.2, 0.25) is 5.91 Å². The maximum absolute atomic E-state index is 14.3. The lowest BCUT2D eigenvalue weighted by Gasteiger charge is -2.68. The number of phenolic OH excluding ortho intramolecular Hbond substituents is 1. The van der Waals surface area contributed by atoms with Crippen LogP contribution in [0.15, 0.2) is 41.2 Å². The molecule has 0 radical (unpaired) electrons. The van der Waals surface area contributed by atoms with E-state index < -0.39 is 23.2 Å². The number of likely N-dealkylation sites (N-methyl/N-ethyl adjacent to an activating group) is 1. The van der Waals surface area contributed by atoms with Crippen LogP contribution in [0.25, 0.3) is 6.08 Å². The molecule has 2 bridgehead atoms. The van der Waals surface area contributed by atoms with Gasteiger partial charge in [0.15, 0.2) is 11.5 Å². The first-order chi connectivity index (χ1) is 17.3. The molecule has 6 atom stereocenters. The Kier molecular flexibility index (Phi) is 4.58. The van der Waals surface area contributed by atoms with Crippen molar-refractivity contribution in [1.82, 2.24) is 4.90 Å². The van der Waals surface area contributed by atoms with E-state index in [0.29, 0.717) is 50.4 Å². The lowest BCUT2D eigenvalue weighted by atomic mass is 9.48. The van der Waals surface area contributed by atoms with Gasteiger partial charge in [-0.15, -0.1) is 0 Å². The summed E-state index contributed by atoms with van der Waals surface area (Å²) in [6.45, 7) is 0.984. The second-order valence-electron chi connectivity index (χ2n) is 11.6. The van der Waals surface area contributed by atoms with Crippen LogP contribution in [0, 0.1) is 11.1 Å². The van der Waals surface area contributed by atoms with Crippen molar-refractivity contribution in [2.24, 2.45) is 5.92 Å². The number of benzene rings is 1. The van der Waals surface area contributed by atoms with E-state index in [4.69, 9.17) is 9.15 Å². The summed E-state index contributed by atoms with van der Waals surface area (Å²) in [5.41, 5.74) is 0.591. The number of phenols is 1. The van der Waals surface area contributed by atoms with Gasteiger partial charge >= 0.3 is 0 Å². The number of amides is 1. The van der Waals surface area contributed by atoms with Gasteiger partial charge in [0, 0.05) is 43.0 Å². The monoisotopic (exact) mass is 492 g/mol. The molecule has 1 aromatic heterocycles. The van der Waals surface area contributed by atoms with Crippen LogP contribution >= 0.6 is 0 Å². The number of nitrogens with zero attached hydrogens (tertiary/aromatic N) is 2.